The molecule has 0 saturated carbocycles. The van der Waals surface area contributed by atoms with E-state index < -0.39 is 34.5 Å². The molecule has 3 aromatic carbocycles. The lowest BCUT2D eigenvalue weighted by Crippen LogP contribution is -2.55. The Morgan fingerprint density at radius 2 is 1.56 bits per heavy atom. The predicted octanol–water partition coefficient (Wildman–Crippen LogP) is 4.30. The molecule has 0 heterocycles. The van der Waals surface area contributed by atoms with Gasteiger partial charge in [0.25, 0.3) is 0 Å². The van der Waals surface area contributed by atoms with Gasteiger partial charge in [-0.2, -0.15) is 12.7 Å². The Kier molecular flexibility index (Phi) is 11.0. The highest BCUT2D eigenvalue weighted by molar-refractivity contribution is 7.90. The fraction of sp³-hybridized carbons (Fsp3) is 0.355. The lowest BCUT2D eigenvalue weighted by atomic mass is 10.0. The number of aryl methyl sites for hydroxylation is 1. The molecule has 0 saturated heterocycles. The van der Waals surface area contributed by atoms with Crippen molar-refractivity contribution in [3.8, 4) is 0 Å². The zero-order valence-corrected chi connectivity index (χ0v) is 25.1. The van der Waals surface area contributed by atoms with E-state index in [9.17, 15) is 22.4 Å². The quantitative estimate of drug-likeness (QED) is 0.326. The fourth-order valence-corrected chi connectivity index (χ4v) is 5.38. The molecule has 0 aliphatic rings. The third-order valence-electron chi connectivity index (χ3n) is 6.84. The molecule has 220 valence electrons. The van der Waals surface area contributed by atoms with Crippen LogP contribution in [-0.2, 0) is 32.8 Å². The van der Waals surface area contributed by atoms with Crippen LogP contribution in [0.2, 0.25) is 0 Å². The fourth-order valence-electron chi connectivity index (χ4n) is 4.33. The number of rotatable bonds is 13. The van der Waals surface area contributed by atoms with Gasteiger partial charge in [0, 0.05) is 33.1 Å². The molecular weight excluding hydrogens is 543 g/mol. The van der Waals surface area contributed by atoms with Gasteiger partial charge in [0.15, 0.2) is 0 Å². The summed E-state index contributed by atoms with van der Waals surface area (Å²) < 4.78 is 42.4. The van der Waals surface area contributed by atoms with Gasteiger partial charge in [-0.3, -0.25) is 9.59 Å². The minimum Gasteiger partial charge on any atom is -0.352 e. The van der Waals surface area contributed by atoms with Crippen molar-refractivity contribution in [3.63, 3.8) is 0 Å². The van der Waals surface area contributed by atoms with E-state index >= 15 is 0 Å². The second kappa shape index (κ2) is 14.2. The number of nitrogens with one attached hydrogen (secondary N) is 1. The van der Waals surface area contributed by atoms with Crippen LogP contribution in [0.1, 0.15) is 37.0 Å². The van der Waals surface area contributed by atoms with Crippen molar-refractivity contribution >= 4 is 27.7 Å². The second-order valence-corrected chi connectivity index (χ2v) is 12.4. The van der Waals surface area contributed by atoms with E-state index in [4.69, 9.17) is 0 Å². The second-order valence-electron chi connectivity index (χ2n) is 10.3. The van der Waals surface area contributed by atoms with Crippen LogP contribution in [0.15, 0.2) is 78.9 Å². The molecule has 0 fully saturated rings. The molecule has 41 heavy (non-hydrogen) atoms. The lowest BCUT2D eigenvalue weighted by Gasteiger charge is -2.35. The summed E-state index contributed by atoms with van der Waals surface area (Å²) in [4.78, 5) is 29.4. The highest BCUT2D eigenvalue weighted by Gasteiger charge is 2.35. The summed E-state index contributed by atoms with van der Waals surface area (Å²) in [6.45, 7) is 5.29. The van der Waals surface area contributed by atoms with E-state index in [1.165, 1.54) is 31.1 Å². The first kappa shape index (κ1) is 31.8. The summed E-state index contributed by atoms with van der Waals surface area (Å²) in [5.74, 6) is -1.43. The summed E-state index contributed by atoms with van der Waals surface area (Å²) >= 11 is 0. The molecule has 0 unspecified atom stereocenters. The molecule has 0 aliphatic carbocycles. The minimum absolute atomic E-state index is 0.0885. The van der Waals surface area contributed by atoms with Gasteiger partial charge in [-0.25, -0.2) is 8.70 Å². The number of carbonyl (C=O) groups is 2. The van der Waals surface area contributed by atoms with Gasteiger partial charge in [0.2, 0.25) is 11.8 Å². The molecule has 0 spiro atoms. The summed E-state index contributed by atoms with van der Waals surface area (Å²) in [7, 11) is -1.43. The molecule has 8 nitrogen and oxygen atoms in total. The standard InChI is InChI=1S/C31H39FN4O4S/c1-6-24(3)33-31(38)29(20-25-12-8-7-9-13-25)35(21-26-14-10-11-23(2)19-26)30(37)22-36(41(39,40)34(4)5)28-17-15-27(32)16-18-28/h7-19,24,29H,6,20-22H2,1-5H3,(H,33,38)/t24-,29+/m0/s1. The number of hydrogen-bond acceptors (Lipinski definition) is 4. The highest BCUT2D eigenvalue weighted by Crippen LogP contribution is 2.22. The van der Waals surface area contributed by atoms with E-state index in [0.29, 0.717) is 6.42 Å². The Bertz CT molecular complexity index is 1420. The number of carbonyl (C=O) groups excluding carboxylic acids is 2. The molecule has 0 aliphatic heterocycles. The Balaban J connectivity index is 2.09. The Labute approximate surface area is 243 Å². The van der Waals surface area contributed by atoms with E-state index in [1.54, 1.807) is 0 Å². The zero-order valence-electron chi connectivity index (χ0n) is 24.2. The van der Waals surface area contributed by atoms with Gasteiger partial charge in [-0.1, -0.05) is 67.1 Å². The van der Waals surface area contributed by atoms with Crippen molar-refractivity contribution < 1.29 is 22.4 Å². The average molecular weight is 583 g/mol. The normalized spacial score (nSPS) is 13.0. The smallest absolute Gasteiger partial charge is 0.304 e. The maximum atomic E-state index is 14.2. The van der Waals surface area contributed by atoms with Gasteiger partial charge in [0.05, 0.1) is 5.69 Å². The molecular formula is C31H39FN4O4S. The first-order chi connectivity index (χ1) is 19.4. The molecule has 3 aromatic rings. The molecule has 3 rings (SSSR count). The third kappa shape index (κ3) is 8.61. The van der Waals surface area contributed by atoms with E-state index in [2.05, 4.69) is 5.32 Å². The van der Waals surface area contributed by atoms with Gasteiger partial charge in [-0.05, 0) is 55.7 Å². The average Bonchev–Trinajstić information content (AvgIpc) is 2.94. The van der Waals surface area contributed by atoms with Crippen LogP contribution in [0.3, 0.4) is 0 Å². The van der Waals surface area contributed by atoms with Crippen LogP contribution < -0.4 is 9.62 Å². The minimum atomic E-state index is -4.14. The summed E-state index contributed by atoms with van der Waals surface area (Å²) in [6, 6.07) is 20.9. The summed E-state index contributed by atoms with van der Waals surface area (Å²) in [5, 5.41) is 3.01. The summed E-state index contributed by atoms with van der Waals surface area (Å²) in [5.41, 5.74) is 2.78. The van der Waals surface area contributed by atoms with Crippen molar-refractivity contribution in [1.29, 1.82) is 0 Å². The van der Waals surface area contributed by atoms with Crippen molar-refractivity contribution in [2.45, 2.75) is 52.2 Å². The van der Waals surface area contributed by atoms with Gasteiger partial charge in [0.1, 0.15) is 18.4 Å². The van der Waals surface area contributed by atoms with Crippen LogP contribution in [0.25, 0.3) is 0 Å². The van der Waals surface area contributed by atoms with Crippen molar-refractivity contribution in [3.05, 3.63) is 101 Å². The highest BCUT2D eigenvalue weighted by atomic mass is 32.2. The number of amides is 2. The van der Waals surface area contributed by atoms with Crippen molar-refractivity contribution in [1.82, 2.24) is 14.5 Å². The SMILES string of the molecule is CC[C@H](C)NC(=O)[C@@H](Cc1ccccc1)N(Cc1cccc(C)c1)C(=O)CN(c1ccc(F)cc1)S(=O)(=O)N(C)C. The van der Waals surface area contributed by atoms with Crippen LogP contribution >= 0.6 is 0 Å². The molecule has 10 heteroatoms. The van der Waals surface area contributed by atoms with E-state index in [-0.39, 0.29) is 30.6 Å². The number of benzene rings is 3. The third-order valence-corrected chi connectivity index (χ3v) is 8.66. The Morgan fingerprint density at radius 1 is 0.927 bits per heavy atom. The maximum absolute atomic E-state index is 14.2. The Morgan fingerprint density at radius 3 is 2.15 bits per heavy atom. The number of nitrogens with zero attached hydrogens (tertiary/aromatic N) is 3. The van der Waals surface area contributed by atoms with Gasteiger partial charge < -0.3 is 10.2 Å². The van der Waals surface area contributed by atoms with Crippen LogP contribution in [0, 0.1) is 12.7 Å². The first-order valence-corrected chi connectivity index (χ1v) is 15.0. The van der Waals surface area contributed by atoms with Crippen LogP contribution in [-0.4, -0.2) is 62.2 Å². The van der Waals surface area contributed by atoms with Crippen LogP contribution in [0.5, 0.6) is 0 Å². The molecule has 0 bridgehead atoms. The van der Waals surface area contributed by atoms with Gasteiger partial charge in [-0.15, -0.1) is 0 Å². The monoisotopic (exact) mass is 582 g/mol. The molecule has 2 atom stereocenters. The number of halogens is 1. The molecule has 2 amide bonds. The number of hydrogen-bond donors (Lipinski definition) is 1. The molecule has 0 aromatic heterocycles. The topological polar surface area (TPSA) is 90.0 Å². The van der Waals surface area contributed by atoms with E-state index in [0.717, 1.165) is 37.4 Å². The Hall–Kier alpha value is -3.76. The molecule has 1 N–H and O–H groups in total. The first-order valence-electron chi connectivity index (χ1n) is 13.6. The van der Waals surface area contributed by atoms with Crippen LogP contribution in [0.4, 0.5) is 10.1 Å². The lowest BCUT2D eigenvalue weighted by molar-refractivity contribution is -0.140. The zero-order chi connectivity index (χ0) is 30.2. The maximum Gasteiger partial charge on any atom is 0.304 e. The van der Waals surface area contributed by atoms with Gasteiger partial charge >= 0.3 is 10.2 Å². The van der Waals surface area contributed by atoms with Crippen molar-refractivity contribution in [2.24, 2.45) is 0 Å². The van der Waals surface area contributed by atoms with E-state index in [1.807, 2.05) is 75.4 Å². The molecule has 0 radical (unpaired) electrons. The van der Waals surface area contributed by atoms with Crippen molar-refractivity contribution in [2.75, 3.05) is 24.9 Å². The predicted molar refractivity (Wildman–Crippen MR) is 160 cm³/mol. The largest absolute Gasteiger partial charge is 0.352 e. The summed E-state index contributed by atoms with van der Waals surface area (Å²) in [6.07, 6.45) is 0.937. The number of anilines is 1.